The van der Waals surface area contributed by atoms with Gasteiger partial charge in [-0.05, 0) is 42.7 Å². The number of carbonyl (C=O) groups excluding carboxylic acids is 1. The fraction of sp³-hybridized carbons (Fsp3) is 0.167. The molecule has 0 aliphatic rings. The molecule has 0 fully saturated rings. The molecule has 2 heterocycles. The summed E-state index contributed by atoms with van der Waals surface area (Å²) in [5.41, 5.74) is 2.24. The Bertz CT molecular complexity index is 890. The highest BCUT2D eigenvalue weighted by Crippen LogP contribution is 2.16. The fourth-order valence-electron chi connectivity index (χ4n) is 2.42. The zero-order chi connectivity index (χ0) is 17.8. The van der Waals surface area contributed by atoms with Crippen LogP contribution in [0.1, 0.15) is 28.5 Å². The van der Waals surface area contributed by atoms with Crippen LogP contribution in [0, 0.1) is 0 Å². The van der Waals surface area contributed by atoms with Gasteiger partial charge in [0.15, 0.2) is 5.69 Å². The SMILES string of the molecule is CCn1nc(C(=O)Nc2ccc(Cc3cccc(Cl)c3)cn2)cc1O. The number of aryl methyl sites for hydroxylation is 1. The molecule has 0 atom stereocenters. The van der Waals surface area contributed by atoms with Crippen LogP contribution in [0.3, 0.4) is 0 Å². The molecule has 128 valence electrons. The number of carbonyl (C=O) groups is 1. The average molecular weight is 357 g/mol. The summed E-state index contributed by atoms with van der Waals surface area (Å²) >= 11 is 5.99. The Balaban J connectivity index is 1.66. The number of hydrogen-bond acceptors (Lipinski definition) is 4. The van der Waals surface area contributed by atoms with E-state index in [1.54, 1.807) is 12.3 Å². The predicted molar refractivity (Wildman–Crippen MR) is 96.0 cm³/mol. The third kappa shape index (κ3) is 4.16. The van der Waals surface area contributed by atoms with Crippen molar-refractivity contribution in [1.29, 1.82) is 0 Å². The molecule has 2 aromatic heterocycles. The zero-order valence-electron chi connectivity index (χ0n) is 13.6. The number of aromatic hydroxyl groups is 1. The molecular formula is C18H17ClN4O2. The molecule has 0 radical (unpaired) electrons. The molecule has 0 aliphatic heterocycles. The van der Waals surface area contributed by atoms with Crippen LogP contribution in [0.25, 0.3) is 0 Å². The quantitative estimate of drug-likeness (QED) is 0.733. The predicted octanol–water partition coefficient (Wildman–Crippen LogP) is 3.50. The van der Waals surface area contributed by atoms with E-state index in [1.165, 1.54) is 10.7 Å². The molecule has 25 heavy (non-hydrogen) atoms. The van der Waals surface area contributed by atoms with Crippen LogP contribution in [-0.2, 0) is 13.0 Å². The van der Waals surface area contributed by atoms with Gasteiger partial charge in [0.1, 0.15) is 5.82 Å². The molecule has 7 heteroatoms. The number of benzene rings is 1. The molecule has 0 saturated heterocycles. The van der Waals surface area contributed by atoms with Crippen LogP contribution in [-0.4, -0.2) is 25.8 Å². The molecule has 3 rings (SSSR count). The van der Waals surface area contributed by atoms with Crippen LogP contribution in [0.15, 0.2) is 48.7 Å². The topological polar surface area (TPSA) is 80.0 Å². The number of nitrogens with one attached hydrogen (secondary N) is 1. The Hall–Kier alpha value is -2.86. The Kier molecular flexibility index (Phi) is 5.00. The maximum Gasteiger partial charge on any atom is 0.277 e. The molecule has 0 saturated carbocycles. The van der Waals surface area contributed by atoms with Crippen LogP contribution >= 0.6 is 11.6 Å². The minimum atomic E-state index is -0.419. The van der Waals surface area contributed by atoms with Crippen LogP contribution in [0.2, 0.25) is 5.02 Å². The van der Waals surface area contributed by atoms with E-state index in [-0.39, 0.29) is 11.6 Å². The van der Waals surface area contributed by atoms with Gasteiger partial charge in [0.25, 0.3) is 5.91 Å². The standard InChI is InChI=1S/C18H17ClN4O2/c1-2-23-17(24)10-15(22-23)18(25)21-16-7-6-13(11-20-16)8-12-4-3-5-14(19)9-12/h3-7,9-11,24H,2,8H2,1H3,(H,20,21,25). The van der Waals surface area contributed by atoms with Crippen molar-refractivity contribution < 1.29 is 9.90 Å². The van der Waals surface area contributed by atoms with Crippen LogP contribution in [0.4, 0.5) is 5.82 Å². The molecule has 2 N–H and O–H groups in total. The molecule has 0 unspecified atom stereocenters. The average Bonchev–Trinajstić information content (AvgIpc) is 2.98. The van der Waals surface area contributed by atoms with Crippen LogP contribution in [0.5, 0.6) is 5.88 Å². The minimum Gasteiger partial charge on any atom is -0.493 e. The molecule has 0 spiro atoms. The number of hydrogen-bond donors (Lipinski definition) is 2. The normalized spacial score (nSPS) is 10.6. The van der Waals surface area contributed by atoms with Gasteiger partial charge in [-0.15, -0.1) is 0 Å². The lowest BCUT2D eigenvalue weighted by Crippen LogP contribution is -2.14. The van der Waals surface area contributed by atoms with Crippen molar-refractivity contribution in [3.05, 3.63) is 70.5 Å². The van der Waals surface area contributed by atoms with Crippen molar-refractivity contribution in [1.82, 2.24) is 14.8 Å². The van der Waals surface area contributed by atoms with E-state index in [4.69, 9.17) is 11.6 Å². The third-order valence-corrected chi connectivity index (χ3v) is 3.89. The number of amides is 1. The highest BCUT2D eigenvalue weighted by atomic mass is 35.5. The maximum atomic E-state index is 12.2. The summed E-state index contributed by atoms with van der Waals surface area (Å²) in [6.07, 6.45) is 2.41. The first-order chi connectivity index (χ1) is 12.0. The summed E-state index contributed by atoms with van der Waals surface area (Å²) in [5, 5.41) is 17.0. The van der Waals surface area contributed by atoms with Gasteiger partial charge in [-0.2, -0.15) is 5.10 Å². The Morgan fingerprint density at radius 2 is 2.08 bits per heavy atom. The van der Waals surface area contributed by atoms with Crippen molar-refractivity contribution in [3.63, 3.8) is 0 Å². The Labute approximate surface area is 150 Å². The van der Waals surface area contributed by atoms with E-state index in [0.717, 1.165) is 11.1 Å². The monoisotopic (exact) mass is 356 g/mol. The Morgan fingerprint density at radius 1 is 1.24 bits per heavy atom. The number of aromatic nitrogens is 3. The number of nitrogens with zero attached hydrogens (tertiary/aromatic N) is 3. The second kappa shape index (κ2) is 7.36. The van der Waals surface area contributed by atoms with Gasteiger partial charge in [0, 0.05) is 23.8 Å². The smallest absolute Gasteiger partial charge is 0.277 e. The molecule has 1 amide bonds. The van der Waals surface area contributed by atoms with Crippen LogP contribution < -0.4 is 5.32 Å². The number of halogens is 1. The van der Waals surface area contributed by atoms with Crippen molar-refractivity contribution >= 4 is 23.3 Å². The number of pyridine rings is 1. The molecule has 0 bridgehead atoms. The lowest BCUT2D eigenvalue weighted by Gasteiger charge is -2.05. The second-order valence-corrected chi connectivity index (χ2v) is 5.95. The first kappa shape index (κ1) is 17.0. The van der Waals surface area contributed by atoms with Crippen molar-refractivity contribution in [3.8, 4) is 5.88 Å². The molecule has 1 aromatic carbocycles. The van der Waals surface area contributed by atoms with Gasteiger partial charge in [-0.25, -0.2) is 9.67 Å². The first-order valence-electron chi connectivity index (χ1n) is 7.82. The van der Waals surface area contributed by atoms with E-state index in [0.29, 0.717) is 23.8 Å². The van der Waals surface area contributed by atoms with E-state index < -0.39 is 5.91 Å². The molecular weight excluding hydrogens is 340 g/mol. The number of rotatable bonds is 5. The number of anilines is 1. The summed E-state index contributed by atoms with van der Waals surface area (Å²) < 4.78 is 1.34. The third-order valence-electron chi connectivity index (χ3n) is 3.65. The van der Waals surface area contributed by atoms with Gasteiger partial charge < -0.3 is 10.4 Å². The summed E-state index contributed by atoms with van der Waals surface area (Å²) in [6, 6.07) is 12.6. The lowest BCUT2D eigenvalue weighted by atomic mass is 10.1. The van der Waals surface area contributed by atoms with Crippen molar-refractivity contribution in [2.45, 2.75) is 19.9 Å². The highest BCUT2D eigenvalue weighted by Gasteiger charge is 2.13. The highest BCUT2D eigenvalue weighted by molar-refractivity contribution is 6.30. The minimum absolute atomic E-state index is 0.0440. The molecule has 6 nitrogen and oxygen atoms in total. The lowest BCUT2D eigenvalue weighted by molar-refractivity contribution is 0.102. The Morgan fingerprint density at radius 3 is 2.72 bits per heavy atom. The zero-order valence-corrected chi connectivity index (χ0v) is 14.4. The van der Waals surface area contributed by atoms with E-state index in [9.17, 15) is 9.90 Å². The van der Waals surface area contributed by atoms with Gasteiger partial charge in [0.2, 0.25) is 5.88 Å². The van der Waals surface area contributed by atoms with Gasteiger partial charge in [-0.3, -0.25) is 4.79 Å². The van der Waals surface area contributed by atoms with E-state index in [1.807, 2.05) is 37.3 Å². The molecule has 0 aliphatic carbocycles. The largest absolute Gasteiger partial charge is 0.493 e. The van der Waals surface area contributed by atoms with Gasteiger partial charge in [-0.1, -0.05) is 29.8 Å². The summed E-state index contributed by atoms with van der Waals surface area (Å²) in [6.45, 7) is 2.31. The van der Waals surface area contributed by atoms with Gasteiger partial charge in [0.05, 0.1) is 0 Å². The summed E-state index contributed by atoms with van der Waals surface area (Å²) in [4.78, 5) is 16.4. The summed E-state index contributed by atoms with van der Waals surface area (Å²) in [7, 11) is 0. The van der Waals surface area contributed by atoms with Crippen molar-refractivity contribution in [2.75, 3.05) is 5.32 Å². The summed E-state index contributed by atoms with van der Waals surface area (Å²) in [5.74, 6) is -0.0412. The maximum absolute atomic E-state index is 12.2. The molecule has 3 aromatic rings. The second-order valence-electron chi connectivity index (χ2n) is 5.52. The van der Waals surface area contributed by atoms with Gasteiger partial charge >= 0.3 is 0 Å². The fourth-order valence-corrected chi connectivity index (χ4v) is 2.63. The van der Waals surface area contributed by atoms with E-state index in [2.05, 4.69) is 15.4 Å². The van der Waals surface area contributed by atoms with Crippen molar-refractivity contribution in [2.24, 2.45) is 0 Å². The van der Waals surface area contributed by atoms with E-state index >= 15 is 0 Å². The first-order valence-corrected chi connectivity index (χ1v) is 8.20.